The molecule has 5 nitrogen and oxygen atoms in total. The molecule has 5 heteroatoms. The number of allylic oxidation sites excluding steroid dienone is 1. The number of carbonyl (C=O) groups excluding carboxylic acids is 1. The van der Waals surface area contributed by atoms with Crippen molar-refractivity contribution in [2.45, 2.75) is 25.6 Å². The normalized spacial score (nSPS) is 26.1. The SMILES string of the molecule is CCN(CC)c1ccc2c(c1)OC1C=C(N)C=CC1C21OC(=O)c2ccccc21. The third-order valence-electron chi connectivity index (χ3n) is 6.23. The van der Waals surface area contributed by atoms with E-state index >= 15 is 0 Å². The van der Waals surface area contributed by atoms with Gasteiger partial charge in [-0.05, 0) is 44.2 Å². The lowest BCUT2D eigenvalue weighted by Crippen LogP contribution is -2.48. The maximum atomic E-state index is 12.8. The van der Waals surface area contributed by atoms with Gasteiger partial charge in [0.1, 0.15) is 11.9 Å². The van der Waals surface area contributed by atoms with E-state index in [4.69, 9.17) is 15.2 Å². The van der Waals surface area contributed by atoms with Crippen molar-refractivity contribution >= 4 is 11.7 Å². The molecule has 0 saturated heterocycles. The number of hydrogen-bond acceptors (Lipinski definition) is 5. The van der Waals surface area contributed by atoms with E-state index in [9.17, 15) is 4.79 Å². The van der Waals surface area contributed by atoms with Crippen LogP contribution in [-0.4, -0.2) is 25.2 Å². The van der Waals surface area contributed by atoms with Gasteiger partial charge in [-0.2, -0.15) is 0 Å². The Morgan fingerprint density at radius 3 is 2.69 bits per heavy atom. The van der Waals surface area contributed by atoms with E-state index in [1.165, 1.54) is 0 Å². The highest BCUT2D eigenvalue weighted by atomic mass is 16.6. The Bertz CT molecular complexity index is 1050. The molecular weight excluding hydrogens is 364 g/mol. The maximum Gasteiger partial charge on any atom is 0.339 e. The van der Waals surface area contributed by atoms with Gasteiger partial charge in [-0.15, -0.1) is 0 Å². The summed E-state index contributed by atoms with van der Waals surface area (Å²) >= 11 is 0. The van der Waals surface area contributed by atoms with Gasteiger partial charge in [0, 0.05) is 41.7 Å². The predicted octanol–water partition coefficient (Wildman–Crippen LogP) is 3.74. The van der Waals surface area contributed by atoms with E-state index in [1.54, 1.807) is 0 Å². The van der Waals surface area contributed by atoms with Crippen LogP contribution in [0.1, 0.15) is 35.3 Å². The summed E-state index contributed by atoms with van der Waals surface area (Å²) in [5.41, 5.74) is 9.28. The number of carbonyl (C=O) groups is 1. The van der Waals surface area contributed by atoms with Crippen LogP contribution in [0.25, 0.3) is 0 Å². The lowest BCUT2D eigenvalue weighted by atomic mass is 9.70. The number of anilines is 1. The maximum absolute atomic E-state index is 12.8. The Kier molecular flexibility index (Phi) is 3.95. The lowest BCUT2D eigenvalue weighted by Gasteiger charge is -2.45. The van der Waals surface area contributed by atoms with Crippen molar-refractivity contribution in [1.82, 2.24) is 0 Å². The summed E-state index contributed by atoms with van der Waals surface area (Å²) in [6, 6.07) is 13.8. The van der Waals surface area contributed by atoms with Crippen LogP contribution in [0.3, 0.4) is 0 Å². The quantitative estimate of drug-likeness (QED) is 0.812. The number of ether oxygens (including phenoxy) is 2. The molecule has 0 aromatic heterocycles. The second-order valence-electron chi connectivity index (χ2n) is 7.66. The highest BCUT2D eigenvalue weighted by Gasteiger charge is 2.58. The van der Waals surface area contributed by atoms with Crippen molar-refractivity contribution in [3.8, 4) is 5.75 Å². The largest absolute Gasteiger partial charge is 0.485 e. The van der Waals surface area contributed by atoms with Gasteiger partial charge in [0.2, 0.25) is 0 Å². The number of fused-ring (bicyclic) bond motifs is 6. The van der Waals surface area contributed by atoms with Crippen LogP contribution in [0.15, 0.2) is 66.4 Å². The Hall–Kier alpha value is -3.21. The Morgan fingerprint density at radius 2 is 1.90 bits per heavy atom. The summed E-state index contributed by atoms with van der Waals surface area (Å²) in [5, 5.41) is 0. The summed E-state index contributed by atoms with van der Waals surface area (Å²) < 4.78 is 12.6. The molecule has 2 aromatic carbocycles. The fourth-order valence-corrected chi connectivity index (χ4v) is 4.86. The molecule has 0 fully saturated rings. The zero-order chi connectivity index (χ0) is 20.2. The number of nitrogens with zero attached hydrogens (tertiary/aromatic N) is 1. The first-order valence-electron chi connectivity index (χ1n) is 10.1. The summed E-state index contributed by atoms with van der Waals surface area (Å²) in [4.78, 5) is 15.1. The molecule has 3 unspecified atom stereocenters. The summed E-state index contributed by atoms with van der Waals surface area (Å²) in [6.07, 6.45) is 5.49. The van der Waals surface area contributed by atoms with Crippen LogP contribution in [0.5, 0.6) is 5.75 Å². The smallest absolute Gasteiger partial charge is 0.339 e. The Labute approximate surface area is 170 Å². The number of rotatable bonds is 3. The molecule has 1 spiro atoms. The standard InChI is InChI=1S/C24H24N2O3/c1-3-26(4-2)16-10-12-20-22(14-16)28-21-13-15(25)9-11-19(21)24(20)18-8-6-5-7-17(18)23(27)29-24/h5-14,19,21H,3-4,25H2,1-2H3. The Balaban J connectivity index is 1.75. The van der Waals surface area contributed by atoms with Gasteiger partial charge < -0.3 is 20.1 Å². The van der Waals surface area contributed by atoms with Gasteiger partial charge in [0.25, 0.3) is 0 Å². The minimum atomic E-state index is -0.915. The second kappa shape index (κ2) is 6.41. The number of benzene rings is 2. The monoisotopic (exact) mass is 388 g/mol. The van der Waals surface area contributed by atoms with Gasteiger partial charge in [-0.25, -0.2) is 4.79 Å². The second-order valence-corrected chi connectivity index (χ2v) is 7.66. The number of esters is 1. The van der Waals surface area contributed by atoms with Crippen LogP contribution in [0.2, 0.25) is 0 Å². The first-order valence-corrected chi connectivity index (χ1v) is 10.1. The van der Waals surface area contributed by atoms with Crippen molar-refractivity contribution in [2.75, 3.05) is 18.0 Å². The minimum absolute atomic E-state index is 0.186. The number of nitrogens with two attached hydrogens (primary N) is 1. The lowest BCUT2D eigenvalue weighted by molar-refractivity contribution is -0.0417. The number of hydrogen-bond donors (Lipinski definition) is 1. The molecule has 1 aliphatic carbocycles. The molecule has 2 aliphatic heterocycles. The van der Waals surface area contributed by atoms with Crippen molar-refractivity contribution in [3.05, 3.63) is 83.1 Å². The molecule has 3 atom stereocenters. The van der Waals surface area contributed by atoms with Crippen molar-refractivity contribution in [3.63, 3.8) is 0 Å². The summed E-state index contributed by atoms with van der Waals surface area (Å²) in [7, 11) is 0. The predicted molar refractivity (Wildman–Crippen MR) is 112 cm³/mol. The molecule has 0 bridgehead atoms. The third-order valence-corrected chi connectivity index (χ3v) is 6.23. The molecule has 5 rings (SSSR count). The van der Waals surface area contributed by atoms with E-state index in [2.05, 4.69) is 30.9 Å². The third kappa shape index (κ3) is 2.43. The average Bonchev–Trinajstić information content (AvgIpc) is 3.02. The zero-order valence-corrected chi connectivity index (χ0v) is 16.6. The molecular formula is C24H24N2O3. The van der Waals surface area contributed by atoms with Gasteiger partial charge in [0.05, 0.1) is 11.5 Å². The van der Waals surface area contributed by atoms with E-state index in [-0.39, 0.29) is 18.0 Å². The van der Waals surface area contributed by atoms with Crippen LogP contribution in [0, 0.1) is 5.92 Å². The average molecular weight is 388 g/mol. The zero-order valence-electron chi connectivity index (χ0n) is 16.6. The summed E-state index contributed by atoms with van der Waals surface area (Å²) in [6.45, 7) is 6.07. The molecule has 0 amide bonds. The molecule has 29 heavy (non-hydrogen) atoms. The van der Waals surface area contributed by atoms with Crippen molar-refractivity contribution < 1.29 is 14.3 Å². The van der Waals surface area contributed by atoms with Crippen LogP contribution in [-0.2, 0) is 10.3 Å². The highest BCUT2D eigenvalue weighted by molar-refractivity contribution is 5.96. The molecule has 148 valence electrons. The van der Waals surface area contributed by atoms with E-state index < -0.39 is 5.60 Å². The van der Waals surface area contributed by atoms with Crippen LogP contribution < -0.4 is 15.4 Å². The van der Waals surface area contributed by atoms with Gasteiger partial charge in [0.15, 0.2) is 5.60 Å². The van der Waals surface area contributed by atoms with Crippen molar-refractivity contribution in [1.29, 1.82) is 0 Å². The van der Waals surface area contributed by atoms with Gasteiger partial charge >= 0.3 is 5.97 Å². The highest BCUT2D eigenvalue weighted by Crippen LogP contribution is 2.56. The molecule has 2 heterocycles. The molecule has 0 radical (unpaired) electrons. The van der Waals surface area contributed by atoms with Crippen LogP contribution in [0.4, 0.5) is 5.69 Å². The molecule has 2 N–H and O–H groups in total. The summed E-state index contributed by atoms with van der Waals surface area (Å²) in [5.74, 6) is 0.254. The minimum Gasteiger partial charge on any atom is -0.485 e. The topological polar surface area (TPSA) is 64.8 Å². The van der Waals surface area contributed by atoms with E-state index in [0.29, 0.717) is 11.3 Å². The fourth-order valence-electron chi connectivity index (χ4n) is 4.86. The van der Waals surface area contributed by atoms with E-state index in [0.717, 1.165) is 35.7 Å². The van der Waals surface area contributed by atoms with Gasteiger partial charge in [-0.1, -0.05) is 24.3 Å². The molecule has 2 aromatic rings. The first kappa shape index (κ1) is 17.9. The van der Waals surface area contributed by atoms with E-state index in [1.807, 2.05) is 48.6 Å². The Morgan fingerprint density at radius 1 is 1.10 bits per heavy atom. The van der Waals surface area contributed by atoms with Crippen molar-refractivity contribution in [2.24, 2.45) is 11.7 Å². The van der Waals surface area contributed by atoms with Crippen LogP contribution >= 0.6 is 0 Å². The van der Waals surface area contributed by atoms with Gasteiger partial charge in [-0.3, -0.25) is 0 Å². The molecule has 0 saturated carbocycles. The fraction of sp³-hybridized carbons (Fsp3) is 0.292. The molecule has 3 aliphatic rings. The first-order chi connectivity index (χ1) is 14.1.